The Kier molecular flexibility index (Phi) is 2.42. The fourth-order valence-electron chi connectivity index (χ4n) is 0.754. The molecule has 0 spiro atoms. The summed E-state index contributed by atoms with van der Waals surface area (Å²) in [5.41, 5.74) is 5.30. The number of amidine groups is 1. The first-order valence-corrected chi connectivity index (χ1v) is 3.60. The Morgan fingerprint density at radius 1 is 1.60 bits per heavy atom. The minimum Gasteiger partial charge on any atom is -0.387 e. The number of hydrogen-bond donors (Lipinski definition) is 1. The van der Waals surface area contributed by atoms with Gasteiger partial charge in [0.25, 0.3) is 0 Å². The summed E-state index contributed by atoms with van der Waals surface area (Å²) >= 11 is 0. The van der Waals surface area contributed by atoms with Crippen LogP contribution >= 0.6 is 0 Å². The molecule has 1 aliphatic rings. The van der Waals surface area contributed by atoms with Crippen molar-refractivity contribution in [1.82, 2.24) is 0 Å². The highest BCUT2D eigenvalue weighted by Gasteiger charge is 2.14. The van der Waals surface area contributed by atoms with Crippen molar-refractivity contribution >= 4 is 12.2 Å². The van der Waals surface area contributed by atoms with Crippen LogP contribution in [0.2, 0.25) is 0 Å². The van der Waals surface area contributed by atoms with Gasteiger partial charge in [-0.1, -0.05) is 0 Å². The highest BCUT2D eigenvalue weighted by molar-refractivity contribution is 5.85. The quantitative estimate of drug-likeness (QED) is 0.449. The van der Waals surface area contributed by atoms with E-state index in [0.717, 1.165) is 0 Å². The van der Waals surface area contributed by atoms with Gasteiger partial charge in [0.15, 0.2) is 0 Å². The average molecular weight is 139 g/mol. The van der Waals surface area contributed by atoms with Crippen molar-refractivity contribution in [3.8, 4) is 0 Å². The molecule has 0 aliphatic heterocycles. The zero-order chi connectivity index (χ0) is 7.40. The number of nitrogens with zero attached hydrogens (tertiary/aromatic N) is 2. The fourth-order valence-corrected chi connectivity index (χ4v) is 0.754. The van der Waals surface area contributed by atoms with E-state index in [1.165, 1.54) is 19.3 Å². The molecule has 0 atom stereocenters. The molecule has 0 aromatic rings. The molecule has 0 radical (unpaired) electrons. The minimum absolute atomic E-state index is 0.531. The molecule has 1 saturated carbocycles. The summed E-state index contributed by atoms with van der Waals surface area (Å²) in [5.74, 6) is 0.572. The van der Waals surface area contributed by atoms with Gasteiger partial charge in [-0.15, -0.1) is 0 Å². The first-order chi connectivity index (χ1) is 4.79. The summed E-state index contributed by atoms with van der Waals surface area (Å²) in [5, 5.41) is 0. The number of aliphatic imine (C=N–C) groups is 2. The SMILES string of the molecule is CC(N)=NC=NC1CCC1. The Morgan fingerprint density at radius 2 is 2.30 bits per heavy atom. The van der Waals surface area contributed by atoms with Gasteiger partial charge in [0.1, 0.15) is 6.34 Å². The smallest absolute Gasteiger partial charge is 0.112 e. The summed E-state index contributed by atoms with van der Waals surface area (Å²) in [6, 6.07) is 0.531. The molecular formula is C7H13N3. The van der Waals surface area contributed by atoms with Crippen LogP contribution in [0.5, 0.6) is 0 Å². The van der Waals surface area contributed by atoms with Gasteiger partial charge in [-0.05, 0) is 26.2 Å². The highest BCUT2D eigenvalue weighted by atomic mass is 14.9. The van der Waals surface area contributed by atoms with E-state index >= 15 is 0 Å². The Morgan fingerprint density at radius 3 is 2.70 bits per heavy atom. The Hall–Kier alpha value is -0.860. The number of hydrogen-bond acceptors (Lipinski definition) is 1. The second kappa shape index (κ2) is 3.34. The van der Waals surface area contributed by atoms with Gasteiger partial charge in [-0.25, -0.2) is 4.99 Å². The third-order valence-corrected chi connectivity index (χ3v) is 1.61. The van der Waals surface area contributed by atoms with E-state index in [0.29, 0.717) is 11.9 Å². The zero-order valence-electron chi connectivity index (χ0n) is 6.25. The lowest BCUT2D eigenvalue weighted by molar-refractivity contribution is 0.421. The van der Waals surface area contributed by atoms with Gasteiger partial charge in [-0.2, -0.15) is 0 Å². The largest absolute Gasteiger partial charge is 0.387 e. The average Bonchev–Trinajstić information content (AvgIpc) is 1.75. The molecule has 0 amide bonds. The molecule has 56 valence electrons. The second-order valence-corrected chi connectivity index (χ2v) is 2.62. The minimum atomic E-state index is 0.531. The maximum Gasteiger partial charge on any atom is 0.112 e. The van der Waals surface area contributed by atoms with Crippen molar-refractivity contribution in [3.05, 3.63) is 0 Å². The molecule has 1 fully saturated rings. The van der Waals surface area contributed by atoms with Crippen molar-refractivity contribution in [2.75, 3.05) is 0 Å². The molecule has 0 aromatic heterocycles. The van der Waals surface area contributed by atoms with Crippen LogP contribution in [-0.2, 0) is 0 Å². The third-order valence-electron chi connectivity index (χ3n) is 1.61. The molecule has 10 heavy (non-hydrogen) atoms. The number of rotatable bonds is 2. The van der Waals surface area contributed by atoms with Crippen LogP contribution in [0.1, 0.15) is 26.2 Å². The predicted molar refractivity (Wildman–Crippen MR) is 43.4 cm³/mol. The fraction of sp³-hybridized carbons (Fsp3) is 0.714. The van der Waals surface area contributed by atoms with Crippen molar-refractivity contribution < 1.29 is 0 Å². The normalized spacial score (nSPS) is 21.5. The maximum atomic E-state index is 5.30. The van der Waals surface area contributed by atoms with Crippen LogP contribution in [-0.4, -0.2) is 18.2 Å². The van der Waals surface area contributed by atoms with E-state index in [-0.39, 0.29) is 0 Å². The van der Waals surface area contributed by atoms with E-state index in [1.807, 2.05) is 0 Å². The lowest BCUT2D eigenvalue weighted by atomic mass is 9.94. The summed E-state index contributed by atoms with van der Waals surface area (Å²) in [4.78, 5) is 8.03. The summed E-state index contributed by atoms with van der Waals surface area (Å²) < 4.78 is 0. The van der Waals surface area contributed by atoms with Crippen LogP contribution in [0.25, 0.3) is 0 Å². The molecule has 1 rings (SSSR count). The van der Waals surface area contributed by atoms with E-state index in [9.17, 15) is 0 Å². The molecule has 0 unspecified atom stereocenters. The Balaban J connectivity index is 2.22. The van der Waals surface area contributed by atoms with Crippen LogP contribution < -0.4 is 5.73 Å². The van der Waals surface area contributed by atoms with Crippen molar-refractivity contribution in [2.24, 2.45) is 15.7 Å². The molecule has 3 heteroatoms. The van der Waals surface area contributed by atoms with Gasteiger partial charge in [0, 0.05) is 0 Å². The van der Waals surface area contributed by atoms with Crippen LogP contribution in [0, 0.1) is 0 Å². The highest BCUT2D eigenvalue weighted by Crippen LogP contribution is 2.21. The predicted octanol–water partition coefficient (Wildman–Crippen LogP) is 0.944. The molecule has 1 aliphatic carbocycles. The molecule has 3 nitrogen and oxygen atoms in total. The van der Waals surface area contributed by atoms with Crippen LogP contribution in [0.4, 0.5) is 0 Å². The second-order valence-electron chi connectivity index (χ2n) is 2.62. The van der Waals surface area contributed by atoms with Crippen LogP contribution in [0.3, 0.4) is 0 Å². The summed E-state index contributed by atoms with van der Waals surface area (Å²) in [6.45, 7) is 1.76. The van der Waals surface area contributed by atoms with Crippen molar-refractivity contribution in [1.29, 1.82) is 0 Å². The summed E-state index contributed by atoms with van der Waals surface area (Å²) in [6.07, 6.45) is 5.32. The first kappa shape index (κ1) is 7.25. The van der Waals surface area contributed by atoms with Crippen LogP contribution in [0.15, 0.2) is 9.98 Å². The number of nitrogens with two attached hydrogens (primary N) is 1. The molecule has 0 aromatic carbocycles. The van der Waals surface area contributed by atoms with Gasteiger partial charge >= 0.3 is 0 Å². The monoisotopic (exact) mass is 139 g/mol. The third kappa shape index (κ3) is 2.17. The molecule has 2 N–H and O–H groups in total. The lowest BCUT2D eigenvalue weighted by Gasteiger charge is -2.19. The standard InChI is InChI=1S/C7H13N3/c1-6(8)9-5-10-7-3-2-4-7/h5,7H,2-4H2,1H3,(H2,8,9,10). The van der Waals surface area contributed by atoms with Gasteiger partial charge in [-0.3, -0.25) is 4.99 Å². The van der Waals surface area contributed by atoms with E-state index in [1.54, 1.807) is 13.3 Å². The van der Waals surface area contributed by atoms with Gasteiger partial charge < -0.3 is 5.73 Å². The first-order valence-electron chi connectivity index (χ1n) is 3.60. The maximum absolute atomic E-state index is 5.30. The van der Waals surface area contributed by atoms with E-state index in [4.69, 9.17) is 5.73 Å². The topological polar surface area (TPSA) is 50.7 Å². The van der Waals surface area contributed by atoms with E-state index in [2.05, 4.69) is 9.98 Å². The molecule has 0 heterocycles. The molecular weight excluding hydrogens is 126 g/mol. The zero-order valence-corrected chi connectivity index (χ0v) is 6.25. The van der Waals surface area contributed by atoms with Gasteiger partial charge in [0.2, 0.25) is 0 Å². The molecule has 0 saturated heterocycles. The van der Waals surface area contributed by atoms with E-state index < -0.39 is 0 Å². The Bertz CT molecular complexity index is 152. The Labute approximate surface area is 61.1 Å². The van der Waals surface area contributed by atoms with Crippen molar-refractivity contribution in [2.45, 2.75) is 32.2 Å². The lowest BCUT2D eigenvalue weighted by Crippen LogP contribution is -2.14. The summed E-state index contributed by atoms with van der Waals surface area (Å²) in [7, 11) is 0. The van der Waals surface area contributed by atoms with Crippen molar-refractivity contribution in [3.63, 3.8) is 0 Å². The van der Waals surface area contributed by atoms with Gasteiger partial charge in [0.05, 0.1) is 11.9 Å². The molecule has 0 bridgehead atoms.